The molecule has 2 radical (unpaired) electrons. The highest BCUT2D eigenvalue weighted by atomic mass is 14.0. The van der Waals surface area contributed by atoms with Gasteiger partial charge in [0.25, 0.3) is 0 Å². The molecule has 0 spiro atoms. The standard InChI is InChI=1S/C8H16/c1-4-6-7-8(3)5-2/h5,7-8H,4,6H2,1-3H3. The molecular formula is C8H16. The summed E-state index contributed by atoms with van der Waals surface area (Å²) in [6.45, 7) is 6.53. The van der Waals surface area contributed by atoms with Gasteiger partial charge < -0.3 is 0 Å². The van der Waals surface area contributed by atoms with Crippen molar-refractivity contribution in [1.82, 2.24) is 0 Å². The Morgan fingerprint density at radius 2 is 2.12 bits per heavy atom. The van der Waals surface area contributed by atoms with Crippen LogP contribution in [-0.4, -0.2) is 0 Å². The minimum Gasteiger partial charge on any atom is -0.0654 e. The van der Waals surface area contributed by atoms with Crippen molar-refractivity contribution in [3.63, 3.8) is 0 Å². The Morgan fingerprint density at radius 3 is 2.50 bits per heavy atom. The molecule has 1 atom stereocenters. The summed E-state index contributed by atoms with van der Waals surface area (Å²) >= 11 is 0. The average molecular weight is 112 g/mol. The first-order valence-electron chi connectivity index (χ1n) is 3.44. The van der Waals surface area contributed by atoms with Gasteiger partial charge in [-0.05, 0) is 18.8 Å². The molecule has 0 fully saturated rings. The van der Waals surface area contributed by atoms with E-state index in [2.05, 4.69) is 33.6 Å². The van der Waals surface area contributed by atoms with Crippen LogP contribution >= 0.6 is 0 Å². The van der Waals surface area contributed by atoms with Gasteiger partial charge in [0.05, 0.1) is 0 Å². The van der Waals surface area contributed by atoms with Crippen LogP contribution in [0.15, 0.2) is 0 Å². The van der Waals surface area contributed by atoms with E-state index in [9.17, 15) is 0 Å². The van der Waals surface area contributed by atoms with Crippen molar-refractivity contribution in [3.05, 3.63) is 12.8 Å². The zero-order valence-electron chi connectivity index (χ0n) is 6.15. The summed E-state index contributed by atoms with van der Waals surface area (Å²) in [5, 5.41) is 0. The molecule has 0 nitrogen and oxygen atoms in total. The van der Waals surface area contributed by atoms with Gasteiger partial charge in [-0.15, -0.1) is 0 Å². The Kier molecular flexibility index (Phi) is 5.14. The Hall–Kier alpha value is 0. The Balaban J connectivity index is 2.86. The molecule has 0 N–H and O–H groups in total. The molecule has 0 aliphatic rings. The monoisotopic (exact) mass is 112 g/mol. The van der Waals surface area contributed by atoms with Crippen molar-refractivity contribution in [1.29, 1.82) is 0 Å². The van der Waals surface area contributed by atoms with Gasteiger partial charge in [0.2, 0.25) is 0 Å². The molecule has 0 saturated carbocycles. The molecule has 48 valence electrons. The van der Waals surface area contributed by atoms with E-state index in [1.54, 1.807) is 0 Å². The maximum atomic E-state index is 2.35. The lowest BCUT2D eigenvalue weighted by Crippen LogP contribution is -1.92. The largest absolute Gasteiger partial charge is 0.0654 e. The van der Waals surface area contributed by atoms with Crippen molar-refractivity contribution in [3.8, 4) is 0 Å². The zero-order chi connectivity index (χ0) is 6.41. The lowest BCUT2D eigenvalue weighted by atomic mass is 10.0. The van der Waals surface area contributed by atoms with E-state index >= 15 is 0 Å². The fourth-order valence-corrected chi connectivity index (χ4v) is 0.566. The van der Waals surface area contributed by atoms with E-state index in [1.807, 2.05) is 0 Å². The van der Waals surface area contributed by atoms with Crippen molar-refractivity contribution in [2.24, 2.45) is 5.92 Å². The molecule has 8 heavy (non-hydrogen) atoms. The van der Waals surface area contributed by atoms with Gasteiger partial charge in [-0.25, -0.2) is 0 Å². The van der Waals surface area contributed by atoms with Gasteiger partial charge in [0.1, 0.15) is 0 Å². The third-order valence-electron chi connectivity index (χ3n) is 1.35. The summed E-state index contributed by atoms with van der Waals surface area (Å²) in [4.78, 5) is 0. The van der Waals surface area contributed by atoms with Crippen LogP contribution in [-0.2, 0) is 0 Å². The molecule has 0 heteroatoms. The summed E-state index contributed by atoms with van der Waals surface area (Å²) < 4.78 is 0. The van der Waals surface area contributed by atoms with E-state index in [1.165, 1.54) is 12.8 Å². The van der Waals surface area contributed by atoms with Crippen LogP contribution in [0.25, 0.3) is 0 Å². The molecule has 0 aliphatic heterocycles. The van der Waals surface area contributed by atoms with E-state index < -0.39 is 0 Å². The van der Waals surface area contributed by atoms with Gasteiger partial charge in [0.15, 0.2) is 0 Å². The first-order chi connectivity index (χ1) is 3.81. The minimum atomic E-state index is 0.704. The summed E-state index contributed by atoms with van der Waals surface area (Å²) in [5.74, 6) is 0.704. The number of hydrogen-bond donors (Lipinski definition) is 0. The summed E-state index contributed by atoms with van der Waals surface area (Å²) in [5.41, 5.74) is 0. The second kappa shape index (κ2) is 5.14. The van der Waals surface area contributed by atoms with Crippen LogP contribution in [0.3, 0.4) is 0 Å². The Labute approximate surface area is 53.3 Å². The number of hydrogen-bond acceptors (Lipinski definition) is 0. The molecule has 0 aromatic carbocycles. The maximum Gasteiger partial charge on any atom is -0.0355 e. The second-order valence-corrected chi connectivity index (χ2v) is 2.22. The van der Waals surface area contributed by atoms with Crippen molar-refractivity contribution >= 4 is 0 Å². The Morgan fingerprint density at radius 1 is 1.50 bits per heavy atom. The van der Waals surface area contributed by atoms with E-state index in [0.717, 1.165) is 0 Å². The van der Waals surface area contributed by atoms with Gasteiger partial charge in [-0.3, -0.25) is 0 Å². The quantitative estimate of drug-likeness (QED) is 0.524. The molecule has 0 saturated heterocycles. The lowest BCUT2D eigenvalue weighted by molar-refractivity contribution is 0.711. The number of unbranched alkanes of at least 4 members (excludes halogenated alkanes) is 1. The third-order valence-corrected chi connectivity index (χ3v) is 1.35. The highest BCUT2D eigenvalue weighted by Gasteiger charge is 1.95. The van der Waals surface area contributed by atoms with Gasteiger partial charge in [0, 0.05) is 0 Å². The molecule has 0 bridgehead atoms. The second-order valence-electron chi connectivity index (χ2n) is 2.22. The van der Waals surface area contributed by atoms with Gasteiger partial charge >= 0.3 is 0 Å². The summed E-state index contributed by atoms with van der Waals surface area (Å²) in [6.07, 6.45) is 7.10. The fraction of sp³-hybridized carbons (Fsp3) is 0.750. The summed E-state index contributed by atoms with van der Waals surface area (Å²) in [6, 6.07) is 0. The smallest absolute Gasteiger partial charge is 0.0355 e. The lowest BCUT2D eigenvalue weighted by Gasteiger charge is -2.03. The molecule has 1 unspecified atom stereocenters. The van der Waals surface area contributed by atoms with Crippen molar-refractivity contribution < 1.29 is 0 Å². The Bertz CT molecular complexity index is 39.3. The van der Waals surface area contributed by atoms with Crippen LogP contribution < -0.4 is 0 Å². The first-order valence-corrected chi connectivity index (χ1v) is 3.44. The fourth-order valence-electron chi connectivity index (χ4n) is 0.566. The highest BCUT2D eigenvalue weighted by molar-refractivity contribution is 4.80. The van der Waals surface area contributed by atoms with Crippen LogP contribution in [0, 0.1) is 18.8 Å². The topological polar surface area (TPSA) is 0 Å². The van der Waals surface area contributed by atoms with Crippen LogP contribution in [0.2, 0.25) is 0 Å². The van der Waals surface area contributed by atoms with E-state index in [4.69, 9.17) is 0 Å². The SMILES string of the molecule is C[CH]C(C)[CH]CCC. The van der Waals surface area contributed by atoms with Crippen LogP contribution in [0.5, 0.6) is 0 Å². The predicted octanol–water partition coefficient (Wildman–Crippen LogP) is 2.85. The molecule has 0 rings (SSSR count). The maximum absolute atomic E-state index is 2.35. The predicted molar refractivity (Wildman–Crippen MR) is 38.3 cm³/mol. The highest BCUT2D eigenvalue weighted by Crippen LogP contribution is 2.07. The van der Waals surface area contributed by atoms with Gasteiger partial charge in [-0.1, -0.05) is 33.6 Å². The minimum absolute atomic E-state index is 0.704. The van der Waals surface area contributed by atoms with Crippen LogP contribution in [0.1, 0.15) is 33.6 Å². The molecule has 0 heterocycles. The van der Waals surface area contributed by atoms with E-state index in [-0.39, 0.29) is 0 Å². The molecule has 0 aromatic heterocycles. The molecule has 0 aliphatic carbocycles. The van der Waals surface area contributed by atoms with Crippen molar-refractivity contribution in [2.45, 2.75) is 33.6 Å². The zero-order valence-corrected chi connectivity index (χ0v) is 6.15. The van der Waals surface area contributed by atoms with E-state index in [0.29, 0.717) is 5.92 Å². The van der Waals surface area contributed by atoms with Crippen molar-refractivity contribution in [2.75, 3.05) is 0 Å². The average Bonchev–Trinajstić information content (AvgIpc) is 1.83. The summed E-state index contributed by atoms with van der Waals surface area (Å²) in [7, 11) is 0. The number of rotatable bonds is 4. The molecule has 0 aromatic rings. The molecular weight excluding hydrogens is 96.1 g/mol. The van der Waals surface area contributed by atoms with Crippen LogP contribution in [0.4, 0.5) is 0 Å². The first kappa shape index (κ1) is 8.00. The molecule has 0 amide bonds. The van der Waals surface area contributed by atoms with Gasteiger partial charge in [-0.2, -0.15) is 0 Å². The normalized spacial score (nSPS) is 13.9. The third kappa shape index (κ3) is 4.17.